The molecule has 1 heterocycles. The van der Waals surface area contributed by atoms with E-state index in [-0.39, 0.29) is 6.04 Å². The van der Waals surface area contributed by atoms with Crippen LogP contribution in [-0.2, 0) is 4.79 Å². The highest BCUT2D eigenvalue weighted by atomic mass is 16.3. The van der Waals surface area contributed by atoms with Gasteiger partial charge in [0.15, 0.2) is 0 Å². The van der Waals surface area contributed by atoms with Crippen molar-refractivity contribution in [3.63, 3.8) is 0 Å². The van der Waals surface area contributed by atoms with Gasteiger partial charge in [-0.15, -0.1) is 0 Å². The first kappa shape index (κ1) is 10.5. The highest BCUT2D eigenvalue weighted by Crippen LogP contribution is 2.27. The third-order valence-electron chi connectivity index (χ3n) is 2.71. The summed E-state index contributed by atoms with van der Waals surface area (Å²) in [6.07, 6.45) is 3.66. The normalized spacial score (nSPS) is 29.4. The van der Waals surface area contributed by atoms with E-state index in [1.807, 2.05) is 4.90 Å². The molecule has 0 saturated carbocycles. The van der Waals surface area contributed by atoms with Crippen molar-refractivity contribution in [2.24, 2.45) is 0 Å². The first-order chi connectivity index (χ1) is 5.94. The molecule has 3 nitrogen and oxygen atoms in total. The van der Waals surface area contributed by atoms with Crippen LogP contribution in [-0.4, -0.2) is 34.1 Å². The minimum absolute atomic E-state index is 0.229. The van der Waals surface area contributed by atoms with Crippen LogP contribution >= 0.6 is 0 Å². The van der Waals surface area contributed by atoms with Crippen molar-refractivity contribution in [1.82, 2.24) is 4.90 Å². The van der Waals surface area contributed by atoms with Crippen LogP contribution in [0.5, 0.6) is 0 Å². The summed E-state index contributed by atoms with van der Waals surface area (Å²) in [5.74, 6) is 0. The predicted octanol–water partition coefficient (Wildman–Crippen LogP) is 1.16. The molecule has 1 amide bonds. The van der Waals surface area contributed by atoms with Crippen LogP contribution in [0.15, 0.2) is 0 Å². The molecule has 1 saturated heterocycles. The molecule has 0 aliphatic carbocycles. The Kier molecular flexibility index (Phi) is 2.96. The summed E-state index contributed by atoms with van der Waals surface area (Å²) in [7, 11) is 0. The number of aliphatic hydroxyl groups is 1. The Balaban J connectivity index is 2.56. The summed E-state index contributed by atoms with van der Waals surface area (Å²) in [5.41, 5.74) is -0.671. The maximum atomic E-state index is 10.8. The van der Waals surface area contributed by atoms with Crippen LogP contribution in [0.4, 0.5) is 0 Å². The maximum Gasteiger partial charge on any atom is 0.210 e. The first-order valence-corrected chi connectivity index (χ1v) is 4.89. The van der Waals surface area contributed by atoms with Crippen molar-refractivity contribution in [2.75, 3.05) is 0 Å². The molecule has 2 atom stereocenters. The minimum atomic E-state index is -0.671. The van der Waals surface area contributed by atoms with E-state index >= 15 is 0 Å². The molecule has 1 aliphatic rings. The molecule has 1 fully saturated rings. The van der Waals surface area contributed by atoms with Gasteiger partial charge in [-0.3, -0.25) is 4.79 Å². The van der Waals surface area contributed by atoms with Crippen molar-refractivity contribution in [3.05, 3.63) is 0 Å². The third-order valence-corrected chi connectivity index (χ3v) is 2.71. The van der Waals surface area contributed by atoms with Gasteiger partial charge in [-0.1, -0.05) is 0 Å². The van der Waals surface area contributed by atoms with Crippen LogP contribution in [0.3, 0.4) is 0 Å². The predicted molar refractivity (Wildman–Crippen MR) is 51.3 cm³/mol. The lowest BCUT2D eigenvalue weighted by molar-refractivity contribution is -0.121. The van der Waals surface area contributed by atoms with E-state index in [0.29, 0.717) is 12.5 Å². The molecule has 76 valence electrons. The summed E-state index contributed by atoms with van der Waals surface area (Å²) in [4.78, 5) is 12.6. The lowest BCUT2D eigenvalue weighted by Gasteiger charge is -2.28. The average molecular weight is 185 g/mol. The quantitative estimate of drug-likeness (QED) is 0.670. The molecule has 0 radical (unpaired) electrons. The topological polar surface area (TPSA) is 40.5 Å². The molecule has 2 unspecified atom stereocenters. The first-order valence-electron chi connectivity index (χ1n) is 4.89. The highest BCUT2D eigenvalue weighted by Gasteiger charge is 2.32. The van der Waals surface area contributed by atoms with E-state index in [1.165, 1.54) is 0 Å². The van der Waals surface area contributed by atoms with Gasteiger partial charge in [0, 0.05) is 12.1 Å². The molecule has 0 aromatic rings. The van der Waals surface area contributed by atoms with Crippen molar-refractivity contribution in [2.45, 2.75) is 57.7 Å². The van der Waals surface area contributed by atoms with Gasteiger partial charge in [0.2, 0.25) is 6.41 Å². The Morgan fingerprint density at radius 3 is 2.62 bits per heavy atom. The summed E-state index contributed by atoms with van der Waals surface area (Å²) in [5, 5.41) is 9.64. The van der Waals surface area contributed by atoms with Crippen molar-refractivity contribution in [1.29, 1.82) is 0 Å². The zero-order valence-corrected chi connectivity index (χ0v) is 8.66. The molecule has 0 spiro atoms. The monoisotopic (exact) mass is 185 g/mol. The van der Waals surface area contributed by atoms with E-state index in [4.69, 9.17) is 0 Å². The van der Waals surface area contributed by atoms with E-state index < -0.39 is 5.60 Å². The molecule has 0 aromatic heterocycles. The highest BCUT2D eigenvalue weighted by molar-refractivity contribution is 5.49. The number of nitrogens with zero attached hydrogens (tertiary/aromatic N) is 1. The van der Waals surface area contributed by atoms with Gasteiger partial charge < -0.3 is 10.0 Å². The van der Waals surface area contributed by atoms with Crippen molar-refractivity contribution in [3.8, 4) is 0 Å². The van der Waals surface area contributed by atoms with Crippen molar-refractivity contribution < 1.29 is 9.90 Å². The number of carbonyl (C=O) groups is 1. The zero-order valence-electron chi connectivity index (χ0n) is 8.66. The Hall–Kier alpha value is -0.570. The van der Waals surface area contributed by atoms with Gasteiger partial charge in [0.1, 0.15) is 0 Å². The molecule has 3 heteroatoms. The maximum absolute atomic E-state index is 10.8. The Labute approximate surface area is 79.7 Å². The molecule has 1 aliphatic heterocycles. The second kappa shape index (κ2) is 3.66. The largest absolute Gasteiger partial charge is 0.390 e. The van der Waals surface area contributed by atoms with E-state index in [2.05, 4.69) is 6.92 Å². The molecule has 1 rings (SSSR count). The lowest BCUT2D eigenvalue weighted by atomic mass is 9.98. The van der Waals surface area contributed by atoms with Crippen LogP contribution < -0.4 is 0 Å². The van der Waals surface area contributed by atoms with Crippen LogP contribution in [0.25, 0.3) is 0 Å². The summed E-state index contributed by atoms with van der Waals surface area (Å²) >= 11 is 0. The fraction of sp³-hybridized carbons (Fsp3) is 0.900. The zero-order chi connectivity index (χ0) is 10.1. The van der Waals surface area contributed by atoms with Crippen LogP contribution in [0, 0.1) is 0 Å². The molecular weight excluding hydrogens is 166 g/mol. The SMILES string of the molecule is CC1CCC(CC(C)(C)O)N1C=O. The van der Waals surface area contributed by atoms with Gasteiger partial charge >= 0.3 is 0 Å². The number of carbonyl (C=O) groups excluding carboxylic acids is 1. The Morgan fingerprint density at radius 2 is 2.15 bits per heavy atom. The smallest absolute Gasteiger partial charge is 0.210 e. The van der Waals surface area contributed by atoms with Crippen LogP contribution in [0.2, 0.25) is 0 Å². The second-order valence-corrected chi connectivity index (χ2v) is 4.65. The number of amides is 1. The number of likely N-dealkylation sites (tertiary alicyclic amines) is 1. The molecule has 1 N–H and O–H groups in total. The molecular formula is C10H19NO2. The van der Waals surface area contributed by atoms with Crippen molar-refractivity contribution >= 4 is 6.41 Å². The van der Waals surface area contributed by atoms with E-state index in [0.717, 1.165) is 19.3 Å². The van der Waals surface area contributed by atoms with Gasteiger partial charge in [-0.25, -0.2) is 0 Å². The molecule has 13 heavy (non-hydrogen) atoms. The average Bonchev–Trinajstić information content (AvgIpc) is 2.28. The summed E-state index contributed by atoms with van der Waals surface area (Å²) in [6, 6.07) is 0.567. The van der Waals surface area contributed by atoms with Gasteiger partial charge in [0.25, 0.3) is 0 Å². The fourth-order valence-corrected chi connectivity index (χ4v) is 2.07. The molecule has 0 aromatic carbocycles. The number of hydrogen-bond acceptors (Lipinski definition) is 2. The minimum Gasteiger partial charge on any atom is -0.390 e. The van der Waals surface area contributed by atoms with Gasteiger partial charge in [-0.2, -0.15) is 0 Å². The number of hydrogen-bond donors (Lipinski definition) is 1. The van der Waals surface area contributed by atoms with E-state index in [1.54, 1.807) is 13.8 Å². The lowest BCUT2D eigenvalue weighted by Crippen LogP contribution is -2.38. The Bertz CT molecular complexity index is 186. The fourth-order valence-electron chi connectivity index (χ4n) is 2.07. The van der Waals surface area contributed by atoms with Gasteiger partial charge in [-0.05, 0) is 40.0 Å². The standard InChI is InChI=1S/C10H19NO2/c1-8-4-5-9(11(8)7-12)6-10(2,3)13/h7-9,13H,4-6H2,1-3H3. The molecule has 0 bridgehead atoms. The van der Waals surface area contributed by atoms with Gasteiger partial charge in [0.05, 0.1) is 5.60 Å². The Morgan fingerprint density at radius 1 is 1.54 bits per heavy atom. The second-order valence-electron chi connectivity index (χ2n) is 4.65. The third kappa shape index (κ3) is 2.69. The van der Waals surface area contributed by atoms with Crippen LogP contribution in [0.1, 0.15) is 40.0 Å². The summed E-state index contributed by atoms with van der Waals surface area (Å²) in [6.45, 7) is 5.64. The van der Waals surface area contributed by atoms with E-state index in [9.17, 15) is 9.90 Å². The number of rotatable bonds is 3. The summed E-state index contributed by atoms with van der Waals surface area (Å²) < 4.78 is 0.